The summed E-state index contributed by atoms with van der Waals surface area (Å²) in [7, 11) is 0. The number of halogens is 2. The first-order chi connectivity index (χ1) is 9.13. The molecule has 0 aromatic heterocycles. The summed E-state index contributed by atoms with van der Waals surface area (Å²) in [6.07, 6.45) is 0.786. The molecular weight excluding hydrogens is 281 g/mol. The number of hydrogen-bond acceptors (Lipinski definition) is 2. The molecule has 0 heterocycles. The second-order valence-electron chi connectivity index (χ2n) is 4.36. The Morgan fingerprint density at radius 3 is 2.58 bits per heavy atom. The summed E-state index contributed by atoms with van der Waals surface area (Å²) in [5.74, 6) is 0.575. The van der Waals surface area contributed by atoms with Gasteiger partial charge in [0.2, 0.25) is 0 Å². The lowest BCUT2D eigenvalue weighted by Gasteiger charge is -2.11. The fourth-order valence-corrected chi connectivity index (χ4v) is 2.83. The van der Waals surface area contributed by atoms with Gasteiger partial charge in [0.05, 0.1) is 0 Å². The first kappa shape index (κ1) is 14.4. The first-order valence-corrected chi connectivity index (χ1v) is 7.38. The van der Waals surface area contributed by atoms with E-state index in [0.29, 0.717) is 0 Å². The topological polar surface area (TPSA) is 26.0 Å². The number of thioether (sulfide) groups is 1. The SMILES string of the molecule is NC(CSc1ccc(F)cc1)Cc1cccc(Cl)c1. The molecule has 100 valence electrons. The van der Waals surface area contributed by atoms with E-state index in [1.165, 1.54) is 12.1 Å². The molecule has 0 bridgehead atoms. The van der Waals surface area contributed by atoms with Gasteiger partial charge in [-0.2, -0.15) is 0 Å². The number of benzene rings is 2. The van der Waals surface area contributed by atoms with Crippen LogP contribution >= 0.6 is 23.4 Å². The largest absolute Gasteiger partial charge is 0.327 e. The van der Waals surface area contributed by atoms with E-state index in [2.05, 4.69) is 0 Å². The van der Waals surface area contributed by atoms with Crippen molar-refractivity contribution in [3.8, 4) is 0 Å². The summed E-state index contributed by atoms with van der Waals surface area (Å²) in [5.41, 5.74) is 7.23. The second kappa shape index (κ2) is 6.94. The van der Waals surface area contributed by atoms with Gasteiger partial charge in [-0.05, 0) is 48.4 Å². The number of nitrogens with two attached hydrogens (primary N) is 1. The molecule has 0 radical (unpaired) electrons. The molecule has 1 atom stereocenters. The lowest BCUT2D eigenvalue weighted by molar-refractivity contribution is 0.626. The third kappa shape index (κ3) is 4.86. The molecule has 0 amide bonds. The molecule has 2 rings (SSSR count). The zero-order valence-electron chi connectivity index (χ0n) is 10.4. The molecule has 0 spiro atoms. The highest BCUT2D eigenvalue weighted by atomic mass is 35.5. The first-order valence-electron chi connectivity index (χ1n) is 6.02. The zero-order chi connectivity index (χ0) is 13.7. The van der Waals surface area contributed by atoms with Crippen LogP contribution in [0.15, 0.2) is 53.4 Å². The molecule has 2 aromatic rings. The van der Waals surface area contributed by atoms with E-state index >= 15 is 0 Å². The number of hydrogen-bond donors (Lipinski definition) is 1. The van der Waals surface area contributed by atoms with Gasteiger partial charge in [-0.1, -0.05) is 23.7 Å². The third-order valence-electron chi connectivity index (χ3n) is 2.66. The van der Waals surface area contributed by atoms with E-state index < -0.39 is 0 Å². The van der Waals surface area contributed by atoms with Crippen molar-refractivity contribution in [2.45, 2.75) is 17.4 Å². The van der Waals surface area contributed by atoms with Crippen LogP contribution in [0.3, 0.4) is 0 Å². The van der Waals surface area contributed by atoms with Crippen LogP contribution in [0.2, 0.25) is 5.02 Å². The lowest BCUT2D eigenvalue weighted by atomic mass is 10.1. The summed E-state index contributed by atoms with van der Waals surface area (Å²) in [4.78, 5) is 1.03. The van der Waals surface area contributed by atoms with Gasteiger partial charge in [0.25, 0.3) is 0 Å². The molecule has 0 aliphatic rings. The Hall–Kier alpha value is -1.03. The quantitative estimate of drug-likeness (QED) is 0.839. The van der Waals surface area contributed by atoms with Crippen LogP contribution in [0, 0.1) is 5.82 Å². The molecule has 1 nitrogen and oxygen atoms in total. The molecular formula is C15H15ClFNS. The fraction of sp³-hybridized carbons (Fsp3) is 0.200. The molecule has 0 fully saturated rings. The number of rotatable bonds is 5. The van der Waals surface area contributed by atoms with Crippen molar-refractivity contribution >= 4 is 23.4 Å². The minimum atomic E-state index is -0.215. The normalized spacial score (nSPS) is 12.4. The molecule has 1 unspecified atom stereocenters. The zero-order valence-corrected chi connectivity index (χ0v) is 11.9. The van der Waals surface area contributed by atoms with Crippen molar-refractivity contribution in [1.82, 2.24) is 0 Å². The van der Waals surface area contributed by atoms with Gasteiger partial charge in [-0.25, -0.2) is 4.39 Å². The van der Waals surface area contributed by atoms with Gasteiger partial charge >= 0.3 is 0 Å². The standard InChI is InChI=1S/C15H15ClFNS/c16-12-3-1-2-11(8-12)9-14(18)10-19-15-6-4-13(17)5-7-15/h1-8,14H,9-10,18H2. The van der Waals surface area contributed by atoms with E-state index in [9.17, 15) is 4.39 Å². The minimum absolute atomic E-state index is 0.0496. The molecule has 0 aliphatic heterocycles. The third-order valence-corrected chi connectivity index (χ3v) is 4.10. The van der Waals surface area contributed by atoms with Crippen LogP contribution in [0.5, 0.6) is 0 Å². The van der Waals surface area contributed by atoms with Crippen LogP contribution in [-0.2, 0) is 6.42 Å². The van der Waals surface area contributed by atoms with Crippen molar-refractivity contribution < 1.29 is 4.39 Å². The fourth-order valence-electron chi connectivity index (χ4n) is 1.76. The van der Waals surface area contributed by atoms with Gasteiger partial charge in [0.1, 0.15) is 5.82 Å². The second-order valence-corrected chi connectivity index (χ2v) is 5.89. The molecule has 2 N–H and O–H groups in total. The maximum atomic E-state index is 12.8. The Labute approximate surface area is 122 Å². The van der Waals surface area contributed by atoms with E-state index in [4.69, 9.17) is 17.3 Å². The predicted molar refractivity (Wildman–Crippen MR) is 80.3 cm³/mol. The molecule has 0 saturated carbocycles. The van der Waals surface area contributed by atoms with Crippen molar-refractivity contribution in [2.75, 3.05) is 5.75 Å². The van der Waals surface area contributed by atoms with Crippen molar-refractivity contribution in [1.29, 1.82) is 0 Å². The Morgan fingerprint density at radius 1 is 1.16 bits per heavy atom. The van der Waals surface area contributed by atoms with Gasteiger partial charge in [0, 0.05) is 21.7 Å². The molecule has 4 heteroatoms. The molecule has 0 aliphatic carbocycles. The average molecular weight is 296 g/mol. The van der Waals surface area contributed by atoms with E-state index in [-0.39, 0.29) is 11.9 Å². The molecule has 0 saturated heterocycles. The lowest BCUT2D eigenvalue weighted by Crippen LogP contribution is -2.25. The van der Waals surface area contributed by atoms with Gasteiger partial charge in [-0.3, -0.25) is 0 Å². The maximum Gasteiger partial charge on any atom is 0.123 e. The van der Waals surface area contributed by atoms with Crippen LogP contribution in [0.1, 0.15) is 5.56 Å². The molecule has 19 heavy (non-hydrogen) atoms. The van der Waals surface area contributed by atoms with E-state index in [0.717, 1.165) is 27.7 Å². The average Bonchev–Trinajstić information content (AvgIpc) is 2.38. The maximum absolute atomic E-state index is 12.8. The van der Waals surface area contributed by atoms with Gasteiger partial charge in [-0.15, -0.1) is 11.8 Å². The summed E-state index contributed by atoms with van der Waals surface area (Å²) in [6, 6.07) is 14.3. The summed E-state index contributed by atoms with van der Waals surface area (Å²) in [6.45, 7) is 0. The van der Waals surface area contributed by atoms with Crippen LogP contribution in [0.25, 0.3) is 0 Å². The smallest absolute Gasteiger partial charge is 0.123 e. The molecule has 2 aromatic carbocycles. The van der Waals surface area contributed by atoms with Gasteiger partial charge < -0.3 is 5.73 Å². The Balaban J connectivity index is 1.84. The van der Waals surface area contributed by atoms with E-state index in [1.807, 2.05) is 24.3 Å². The highest BCUT2D eigenvalue weighted by Gasteiger charge is 2.06. The minimum Gasteiger partial charge on any atom is -0.327 e. The van der Waals surface area contributed by atoms with E-state index in [1.54, 1.807) is 23.9 Å². The van der Waals surface area contributed by atoms with Gasteiger partial charge in [0.15, 0.2) is 0 Å². The summed E-state index contributed by atoms with van der Waals surface area (Å²) >= 11 is 7.57. The van der Waals surface area contributed by atoms with Crippen LogP contribution in [0.4, 0.5) is 4.39 Å². The highest BCUT2D eigenvalue weighted by Crippen LogP contribution is 2.20. The highest BCUT2D eigenvalue weighted by molar-refractivity contribution is 7.99. The van der Waals surface area contributed by atoms with Crippen molar-refractivity contribution in [3.05, 3.63) is 64.9 Å². The predicted octanol–water partition coefficient (Wildman–Crippen LogP) is 4.14. The van der Waals surface area contributed by atoms with Crippen LogP contribution < -0.4 is 5.73 Å². The Kier molecular flexibility index (Phi) is 5.25. The summed E-state index contributed by atoms with van der Waals surface area (Å²) in [5, 5.41) is 0.732. The van der Waals surface area contributed by atoms with Crippen molar-refractivity contribution in [3.63, 3.8) is 0 Å². The Morgan fingerprint density at radius 2 is 1.89 bits per heavy atom. The Bertz CT molecular complexity index is 530. The van der Waals surface area contributed by atoms with Crippen LogP contribution in [-0.4, -0.2) is 11.8 Å². The monoisotopic (exact) mass is 295 g/mol. The summed E-state index contributed by atoms with van der Waals surface area (Å²) < 4.78 is 12.8. The van der Waals surface area contributed by atoms with Crippen molar-refractivity contribution in [2.24, 2.45) is 5.73 Å².